The van der Waals surface area contributed by atoms with E-state index in [4.69, 9.17) is 62.5 Å². The molecule has 0 radical (unpaired) electrons. The van der Waals surface area contributed by atoms with Gasteiger partial charge in [0.2, 0.25) is 0 Å². The molecule has 18 heteroatoms. The summed E-state index contributed by atoms with van der Waals surface area (Å²) in [5, 5.41) is 5.76. The fourth-order valence-corrected chi connectivity index (χ4v) is 10.6. The van der Waals surface area contributed by atoms with E-state index in [0.29, 0.717) is 70.6 Å². The normalized spacial score (nSPS) is 17.9. The molecule has 2 aliphatic rings. The number of H-pyrrole nitrogens is 1. The summed E-state index contributed by atoms with van der Waals surface area (Å²) >= 11 is 12.7. The first kappa shape index (κ1) is 53.1. The van der Waals surface area contributed by atoms with Crippen molar-refractivity contribution in [3.05, 3.63) is 135 Å². The third-order valence-electron chi connectivity index (χ3n) is 12.9. The fourth-order valence-electron chi connectivity index (χ4n) is 9.03. The lowest BCUT2D eigenvalue weighted by Crippen LogP contribution is -2.42. The number of aromatic amines is 1. The molecule has 2 fully saturated rings. The molecule has 4 heterocycles. The van der Waals surface area contributed by atoms with E-state index in [1.54, 1.807) is 42.9 Å². The van der Waals surface area contributed by atoms with E-state index in [1.165, 1.54) is 6.20 Å². The predicted octanol–water partition coefficient (Wildman–Crippen LogP) is 13.1. The van der Waals surface area contributed by atoms with Crippen molar-refractivity contribution in [1.82, 2.24) is 24.8 Å². The van der Waals surface area contributed by atoms with Crippen LogP contribution in [0, 0.1) is 33.9 Å². The largest absolute Gasteiger partial charge is 0.444 e. The number of hydrogen-bond acceptors (Lipinski definition) is 10. The molecule has 0 saturated heterocycles. The van der Waals surface area contributed by atoms with Crippen molar-refractivity contribution < 1.29 is 22.1 Å². The van der Waals surface area contributed by atoms with Crippen molar-refractivity contribution in [1.29, 1.82) is 0 Å². The minimum absolute atomic E-state index is 0.0169. The standard InChI is InChI=1S/C21H22ClN5.C18H27NO5S.C15H11ClN4/c1-12-7-20-15(8-19(12)25-2)17(16-9-26-10-18(24)21(16)22)11-27(20)14-5-3-13(23)4-6-14;1-13-5-11-16(12-6-13)25(21,22)24-15-9-7-14(8-10-15)19-17(20)23-18(2,3)4;1-8-3-14-9(4-13(8)18-2)10(6-20-14)11-5-19-7-12(17)15(11)16/h7-11,13-14H,3-6,23-24H2,1H3;5-6,11-12,14-15H,7-10H2,1-4H3,(H,19,20);3-7,20H,17H2,1H3. The van der Waals surface area contributed by atoms with Gasteiger partial charge in [-0.25, -0.2) is 14.5 Å². The van der Waals surface area contributed by atoms with E-state index in [2.05, 4.69) is 46.8 Å². The second-order valence-electron chi connectivity index (χ2n) is 19.4. The lowest BCUT2D eigenvalue weighted by Gasteiger charge is -2.29. The number of hydrogen-bond donors (Lipinski definition) is 5. The van der Waals surface area contributed by atoms with Gasteiger partial charge in [-0.2, -0.15) is 8.42 Å². The van der Waals surface area contributed by atoms with Crippen LogP contribution in [0.2, 0.25) is 10.0 Å². The maximum absolute atomic E-state index is 12.3. The van der Waals surface area contributed by atoms with Gasteiger partial charge in [0.05, 0.1) is 58.0 Å². The maximum Gasteiger partial charge on any atom is 0.407 e. The van der Waals surface area contributed by atoms with E-state index in [0.717, 1.165) is 86.4 Å². The van der Waals surface area contributed by atoms with Gasteiger partial charge in [-0.1, -0.05) is 40.9 Å². The second kappa shape index (κ2) is 22.4. The van der Waals surface area contributed by atoms with Crippen LogP contribution in [0.25, 0.3) is 53.7 Å². The SMILES string of the molecule is Cc1ccc(S(=O)(=O)OC2CCC(NC(=O)OC(C)(C)C)CC2)cc1.[C-]#[N+]c1cc2c(-c3cncc(N)c3Cl)c[nH]c2cc1C.[C-]#[N+]c1cc2c(-c3cncc(N)c3Cl)cn(C3CCC(N)CC3)c2cc1C. The zero-order valence-corrected chi connectivity index (χ0v) is 43.6. The summed E-state index contributed by atoms with van der Waals surface area (Å²) in [6, 6.07) is 15.2. The first-order chi connectivity index (χ1) is 34.2. The molecular formula is C54H60Cl2N10O5S. The Hall–Kier alpha value is -6.66. The Kier molecular flexibility index (Phi) is 16.5. The molecule has 7 aromatic rings. The van der Waals surface area contributed by atoms with Gasteiger partial charge in [0, 0.05) is 76.2 Å². The Morgan fingerprint density at radius 1 is 0.778 bits per heavy atom. The minimum atomic E-state index is -3.75. The van der Waals surface area contributed by atoms with Crippen LogP contribution in [0.4, 0.5) is 27.5 Å². The highest BCUT2D eigenvalue weighted by Gasteiger charge is 2.29. The number of halogens is 2. The van der Waals surface area contributed by atoms with Crippen LogP contribution < -0.4 is 22.5 Å². The first-order valence-electron chi connectivity index (χ1n) is 23.7. The molecule has 0 aliphatic heterocycles. The number of ether oxygens (including phenoxy) is 1. The number of carbonyl (C=O) groups excluding carboxylic acids is 1. The molecule has 8 N–H and O–H groups in total. The monoisotopic (exact) mass is 1030 g/mol. The molecular weight excluding hydrogens is 972 g/mol. The number of benzene rings is 3. The number of pyridine rings is 2. The molecule has 72 heavy (non-hydrogen) atoms. The minimum Gasteiger partial charge on any atom is -0.444 e. The molecule has 1 amide bonds. The Morgan fingerprint density at radius 3 is 1.90 bits per heavy atom. The average Bonchev–Trinajstić information content (AvgIpc) is 3.91. The highest BCUT2D eigenvalue weighted by molar-refractivity contribution is 7.86. The fraction of sp³-hybridized carbons (Fsp3) is 0.352. The van der Waals surface area contributed by atoms with Crippen molar-refractivity contribution in [2.75, 3.05) is 11.5 Å². The van der Waals surface area contributed by atoms with Crippen LogP contribution in [0.3, 0.4) is 0 Å². The van der Waals surface area contributed by atoms with Crippen molar-refractivity contribution in [2.24, 2.45) is 5.73 Å². The van der Waals surface area contributed by atoms with E-state index in [1.807, 2.05) is 65.9 Å². The van der Waals surface area contributed by atoms with Crippen LogP contribution in [-0.2, 0) is 19.0 Å². The smallest absolute Gasteiger partial charge is 0.407 e. The summed E-state index contributed by atoms with van der Waals surface area (Å²) in [5.41, 5.74) is 27.9. The van der Waals surface area contributed by atoms with E-state index < -0.39 is 21.8 Å². The highest BCUT2D eigenvalue weighted by Crippen LogP contribution is 2.43. The predicted molar refractivity (Wildman–Crippen MR) is 288 cm³/mol. The summed E-state index contributed by atoms with van der Waals surface area (Å²) in [7, 11) is -3.75. The van der Waals surface area contributed by atoms with Gasteiger partial charge >= 0.3 is 6.09 Å². The van der Waals surface area contributed by atoms with Crippen molar-refractivity contribution in [3.63, 3.8) is 0 Å². The lowest BCUT2D eigenvalue weighted by molar-refractivity contribution is 0.0472. The van der Waals surface area contributed by atoms with Crippen molar-refractivity contribution in [3.8, 4) is 22.3 Å². The topological polar surface area (TPSA) is 215 Å². The van der Waals surface area contributed by atoms with E-state index >= 15 is 0 Å². The van der Waals surface area contributed by atoms with Gasteiger partial charge in [0.15, 0.2) is 11.4 Å². The Labute approximate surface area is 431 Å². The number of aromatic nitrogens is 4. The number of nitrogens with two attached hydrogens (primary N) is 3. The quantitative estimate of drug-likeness (QED) is 0.0752. The zero-order chi connectivity index (χ0) is 52.1. The molecule has 0 unspecified atom stereocenters. The second-order valence-corrected chi connectivity index (χ2v) is 21.8. The van der Waals surface area contributed by atoms with E-state index in [-0.39, 0.29) is 17.0 Å². The number of alkyl carbamates (subject to hydrolysis) is 1. The summed E-state index contributed by atoms with van der Waals surface area (Å²) in [6.07, 6.45) is 16.3. The molecule has 15 nitrogen and oxygen atoms in total. The highest BCUT2D eigenvalue weighted by atomic mass is 35.5. The van der Waals surface area contributed by atoms with Crippen LogP contribution in [0.5, 0.6) is 0 Å². The molecule has 2 aliphatic carbocycles. The Bertz CT molecular complexity index is 3300. The summed E-state index contributed by atoms with van der Waals surface area (Å²) in [4.78, 5) is 30.7. The number of nitrogen functional groups attached to an aromatic ring is 2. The molecule has 4 aromatic heterocycles. The summed E-state index contributed by atoms with van der Waals surface area (Å²) < 4.78 is 37.6. The number of fused-ring (bicyclic) bond motifs is 2. The molecule has 2 saturated carbocycles. The number of rotatable bonds is 7. The van der Waals surface area contributed by atoms with Gasteiger partial charge in [-0.05, 0) is 151 Å². The number of amides is 1. The van der Waals surface area contributed by atoms with Gasteiger partial charge in [0.25, 0.3) is 10.1 Å². The third-order valence-corrected chi connectivity index (χ3v) is 15.1. The van der Waals surface area contributed by atoms with Crippen LogP contribution >= 0.6 is 23.2 Å². The summed E-state index contributed by atoms with van der Waals surface area (Å²) in [6.45, 7) is 25.9. The van der Waals surface area contributed by atoms with Gasteiger partial charge in [-0.15, -0.1) is 0 Å². The van der Waals surface area contributed by atoms with Crippen LogP contribution in [0.1, 0.15) is 94.9 Å². The number of nitrogens with one attached hydrogen (secondary N) is 2. The molecule has 3 aromatic carbocycles. The molecule has 376 valence electrons. The molecule has 0 atom stereocenters. The first-order valence-corrected chi connectivity index (χ1v) is 25.9. The summed E-state index contributed by atoms with van der Waals surface area (Å²) in [5.74, 6) is 0. The van der Waals surface area contributed by atoms with Gasteiger partial charge < -0.3 is 36.8 Å². The number of aryl methyl sites for hydroxylation is 3. The van der Waals surface area contributed by atoms with E-state index in [9.17, 15) is 13.2 Å². The van der Waals surface area contributed by atoms with Crippen molar-refractivity contribution >= 4 is 84.0 Å². The van der Waals surface area contributed by atoms with Crippen molar-refractivity contribution in [2.45, 2.75) is 128 Å². The number of nitrogens with zero attached hydrogens (tertiary/aromatic N) is 5. The molecule has 9 rings (SSSR count). The van der Waals surface area contributed by atoms with Gasteiger partial charge in [-0.3, -0.25) is 14.2 Å². The average molecular weight is 1030 g/mol. The van der Waals surface area contributed by atoms with Crippen LogP contribution in [-0.4, -0.2) is 57.8 Å². The maximum atomic E-state index is 12.3. The Balaban J connectivity index is 0.000000160. The zero-order valence-electron chi connectivity index (χ0n) is 41.2. The number of carbonyl (C=O) groups is 1. The molecule has 0 bridgehead atoms. The number of anilines is 2. The van der Waals surface area contributed by atoms with Crippen LogP contribution in [0.15, 0.2) is 90.6 Å². The lowest BCUT2D eigenvalue weighted by atomic mass is 9.91. The molecule has 0 spiro atoms. The Morgan fingerprint density at radius 2 is 1.33 bits per heavy atom. The third kappa shape index (κ3) is 12.5. The van der Waals surface area contributed by atoms with Gasteiger partial charge in [0.1, 0.15) is 5.60 Å².